The predicted octanol–water partition coefficient (Wildman–Crippen LogP) is 2.21. The van der Waals surface area contributed by atoms with Crippen LogP contribution in [-0.4, -0.2) is 21.9 Å². The first-order valence-electron chi connectivity index (χ1n) is 4.69. The Balaban J connectivity index is 1.82. The number of hydrogen-bond donors (Lipinski definition) is 1. The lowest BCUT2D eigenvalue weighted by molar-refractivity contribution is -0.118. The van der Waals surface area contributed by atoms with E-state index in [1.54, 1.807) is 24.3 Å². The van der Waals surface area contributed by atoms with Gasteiger partial charge in [0.25, 0.3) is 5.91 Å². The molecule has 5 nitrogen and oxygen atoms in total. The van der Waals surface area contributed by atoms with Crippen LogP contribution in [0.3, 0.4) is 0 Å². The van der Waals surface area contributed by atoms with Crippen LogP contribution >= 0.6 is 23.1 Å². The molecule has 7 heteroatoms. The molecule has 0 unspecified atom stereocenters. The minimum absolute atomic E-state index is 0.0821. The zero-order chi connectivity index (χ0) is 12.1. The first-order chi connectivity index (χ1) is 8.24. The Bertz CT molecular complexity index is 487. The van der Waals surface area contributed by atoms with Gasteiger partial charge in [-0.1, -0.05) is 11.6 Å². The summed E-state index contributed by atoms with van der Waals surface area (Å²) in [5.74, 6) is 0.304. The Hall–Kier alpha value is -1.66. The molecule has 1 heterocycles. The molecular weight excluding hydrogens is 262 g/mol. The molecule has 0 fully saturated rings. The van der Waals surface area contributed by atoms with Gasteiger partial charge in [0.05, 0.1) is 0 Å². The summed E-state index contributed by atoms with van der Waals surface area (Å²) in [6.07, 6.45) is 1.38. The molecule has 1 amide bonds. The molecule has 2 rings (SSSR count). The van der Waals surface area contributed by atoms with Crippen LogP contribution in [-0.2, 0) is 4.79 Å². The average Bonchev–Trinajstić information content (AvgIpc) is 2.81. The van der Waals surface area contributed by atoms with Crippen molar-refractivity contribution in [1.29, 1.82) is 0 Å². The van der Waals surface area contributed by atoms with Crippen molar-refractivity contribution in [3.8, 4) is 5.75 Å². The second-order valence-electron chi connectivity index (χ2n) is 3.04. The topological polar surface area (TPSA) is 64.1 Å². The van der Waals surface area contributed by atoms with E-state index in [9.17, 15) is 4.79 Å². The largest absolute Gasteiger partial charge is 0.484 e. The van der Waals surface area contributed by atoms with Crippen molar-refractivity contribution in [2.24, 2.45) is 0 Å². The summed E-state index contributed by atoms with van der Waals surface area (Å²) < 4.78 is 9.02. The van der Waals surface area contributed by atoms with Crippen molar-refractivity contribution in [2.75, 3.05) is 11.9 Å². The molecule has 17 heavy (non-hydrogen) atoms. The van der Waals surface area contributed by atoms with Gasteiger partial charge in [-0.25, -0.2) is 4.98 Å². The van der Waals surface area contributed by atoms with E-state index in [2.05, 4.69) is 14.7 Å². The van der Waals surface area contributed by atoms with E-state index < -0.39 is 0 Å². The van der Waals surface area contributed by atoms with Crippen molar-refractivity contribution < 1.29 is 9.53 Å². The van der Waals surface area contributed by atoms with Gasteiger partial charge in [0.1, 0.15) is 12.1 Å². The third-order valence-electron chi connectivity index (χ3n) is 1.79. The highest BCUT2D eigenvalue weighted by atomic mass is 35.5. The van der Waals surface area contributed by atoms with Crippen molar-refractivity contribution in [1.82, 2.24) is 9.36 Å². The van der Waals surface area contributed by atoms with Gasteiger partial charge in [0, 0.05) is 16.6 Å². The zero-order valence-electron chi connectivity index (χ0n) is 8.59. The van der Waals surface area contributed by atoms with Crippen LogP contribution in [0.2, 0.25) is 5.02 Å². The molecule has 0 aliphatic carbocycles. The van der Waals surface area contributed by atoms with Crippen LogP contribution in [0.1, 0.15) is 0 Å². The maximum absolute atomic E-state index is 11.4. The van der Waals surface area contributed by atoms with Gasteiger partial charge in [-0.3, -0.25) is 10.1 Å². The molecule has 0 aliphatic rings. The van der Waals surface area contributed by atoms with E-state index in [4.69, 9.17) is 16.3 Å². The van der Waals surface area contributed by atoms with Gasteiger partial charge in [-0.15, -0.1) is 0 Å². The molecule has 1 N–H and O–H groups in total. The molecule has 2 aromatic rings. The number of halogens is 1. The zero-order valence-corrected chi connectivity index (χ0v) is 10.2. The van der Waals surface area contributed by atoms with E-state index in [1.165, 1.54) is 6.33 Å². The summed E-state index contributed by atoms with van der Waals surface area (Å²) in [6.45, 7) is -0.0821. The average molecular weight is 270 g/mol. The second kappa shape index (κ2) is 5.60. The Morgan fingerprint density at radius 1 is 1.41 bits per heavy atom. The number of ether oxygens (including phenoxy) is 1. The van der Waals surface area contributed by atoms with Crippen molar-refractivity contribution in [2.45, 2.75) is 0 Å². The fraction of sp³-hybridized carbons (Fsp3) is 0.100. The van der Waals surface area contributed by atoms with E-state index in [0.29, 0.717) is 15.9 Å². The highest BCUT2D eigenvalue weighted by Crippen LogP contribution is 2.15. The maximum Gasteiger partial charge on any atom is 0.264 e. The summed E-state index contributed by atoms with van der Waals surface area (Å²) in [5.41, 5.74) is 0. The monoisotopic (exact) mass is 269 g/mol. The highest BCUT2D eigenvalue weighted by molar-refractivity contribution is 7.09. The first kappa shape index (κ1) is 11.8. The maximum atomic E-state index is 11.4. The minimum Gasteiger partial charge on any atom is -0.484 e. The quantitative estimate of drug-likeness (QED) is 0.924. The third-order valence-corrected chi connectivity index (χ3v) is 2.62. The molecule has 1 aromatic heterocycles. The van der Waals surface area contributed by atoms with E-state index in [0.717, 1.165) is 11.5 Å². The van der Waals surface area contributed by atoms with Crippen LogP contribution in [0.5, 0.6) is 5.75 Å². The summed E-state index contributed by atoms with van der Waals surface area (Å²) in [6, 6.07) is 6.78. The summed E-state index contributed by atoms with van der Waals surface area (Å²) in [4.78, 5) is 15.3. The number of rotatable bonds is 4. The summed E-state index contributed by atoms with van der Waals surface area (Å²) >= 11 is 6.83. The predicted molar refractivity (Wildman–Crippen MR) is 65.5 cm³/mol. The lowest BCUT2D eigenvalue weighted by Crippen LogP contribution is -2.19. The number of benzene rings is 1. The lowest BCUT2D eigenvalue weighted by atomic mass is 10.3. The minimum atomic E-state index is -0.281. The number of carbonyl (C=O) groups excluding carboxylic acids is 1. The standard InChI is InChI=1S/C10H8ClN3O2S/c11-7-1-3-8(4-2-7)16-5-9(15)14-10-12-6-13-17-10/h1-4,6H,5H2,(H,12,13,14,15). The van der Waals surface area contributed by atoms with E-state index in [-0.39, 0.29) is 12.5 Å². The third kappa shape index (κ3) is 3.69. The molecule has 0 bridgehead atoms. The number of hydrogen-bond acceptors (Lipinski definition) is 5. The van der Waals surface area contributed by atoms with Crippen LogP contribution in [0, 0.1) is 0 Å². The van der Waals surface area contributed by atoms with Gasteiger partial charge in [-0.05, 0) is 24.3 Å². The van der Waals surface area contributed by atoms with Crippen molar-refractivity contribution >= 4 is 34.2 Å². The number of nitrogens with one attached hydrogen (secondary N) is 1. The highest BCUT2D eigenvalue weighted by Gasteiger charge is 2.05. The van der Waals surface area contributed by atoms with Gasteiger partial charge < -0.3 is 4.74 Å². The van der Waals surface area contributed by atoms with Gasteiger partial charge >= 0.3 is 0 Å². The van der Waals surface area contributed by atoms with Crippen LogP contribution < -0.4 is 10.1 Å². The van der Waals surface area contributed by atoms with Crippen LogP contribution in [0.15, 0.2) is 30.6 Å². The Morgan fingerprint density at radius 2 is 2.18 bits per heavy atom. The molecule has 0 saturated heterocycles. The Labute approximate surface area is 107 Å². The Morgan fingerprint density at radius 3 is 2.82 bits per heavy atom. The lowest BCUT2D eigenvalue weighted by Gasteiger charge is -2.05. The van der Waals surface area contributed by atoms with Gasteiger partial charge in [0.15, 0.2) is 6.61 Å². The first-order valence-corrected chi connectivity index (χ1v) is 5.84. The normalized spacial score (nSPS) is 9.94. The molecule has 0 saturated carbocycles. The van der Waals surface area contributed by atoms with Crippen LogP contribution in [0.4, 0.5) is 5.13 Å². The summed E-state index contributed by atoms with van der Waals surface area (Å²) in [5, 5.41) is 3.63. The summed E-state index contributed by atoms with van der Waals surface area (Å²) in [7, 11) is 0. The second-order valence-corrected chi connectivity index (χ2v) is 4.25. The molecular formula is C10H8ClN3O2S. The smallest absolute Gasteiger partial charge is 0.264 e. The molecule has 0 spiro atoms. The van der Waals surface area contributed by atoms with Gasteiger partial charge in [0.2, 0.25) is 5.13 Å². The fourth-order valence-electron chi connectivity index (χ4n) is 1.06. The molecule has 1 aromatic carbocycles. The molecule has 0 aliphatic heterocycles. The van der Waals surface area contributed by atoms with Crippen molar-refractivity contribution in [3.05, 3.63) is 35.6 Å². The number of carbonyl (C=O) groups is 1. The van der Waals surface area contributed by atoms with E-state index in [1.807, 2.05) is 0 Å². The fourth-order valence-corrected chi connectivity index (χ4v) is 1.64. The number of amides is 1. The van der Waals surface area contributed by atoms with E-state index >= 15 is 0 Å². The molecule has 0 atom stereocenters. The molecule has 0 radical (unpaired) electrons. The van der Waals surface area contributed by atoms with Crippen LogP contribution in [0.25, 0.3) is 0 Å². The van der Waals surface area contributed by atoms with Gasteiger partial charge in [-0.2, -0.15) is 4.37 Å². The SMILES string of the molecule is O=C(COc1ccc(Cl)cc1)Nc1ncns1. The number of anilines is 1. The number of nitrogens with zero attached hydrogens (tertiary/aromatic N) is 2. The number of aromatic nitrogens is 2. The van der Waals surface area contributed by atoms with Crippen molar-refractivity contribution in [3.63, 3.8) is 0 Å². The molecule has 88 valence electrons. The Kier molecular flexibility index (Phi) is 3.89.